The number of hydrogen-bond acceptors (Lipinski definition) is 4. The first kappa shape index (κ1) is 19.2. The summed E-state index contributed by atoms with van der Waals surface area (Å²) in [5.41, 5.74) is 5.57. The molecule has 2 aromatic carbocycles. The van der Waals surface area contributed by atoms with Crippen LogP contribution in [-0.4, -0.2) is 24.7 Å². The Morgan fingerprint density at radius 3 is 2.48 bits per heavy atom. The van der Waals surface area contributed by atoms with E-state index in [1.54, 1.807) is 24.3 Å². The van der Waals surface area contributed by atoms with Gasteiger partial charge in [-0.15, -0.1) is 0 Å². The number of alkyl halides is 3. The van der Waals surface area contributed by atoms with Gasteiger partial charge in [-0.25, -0.2) is 0 Å². The van der Waals surface area contributed by atoms with Crippen LogP contribution in [0, 0.1) is 0 Å². The smallest absolute Gasteiger partial charge is 0.379 e. The van der Waals surface area contributed by atoms with E-state index in [2.05, 4.69) is 10.6 Å². The number of hydrogen-bond donors (Lipinski definition) is 3. The molecule has 0 spiro atoms. The Kier molecular flexibility index (Phi) is 5.38. The molecule has 1 heterocycles. The number of para-hydroxylation sites is 1. The van der Waals surface area contributed by atoms with Crippen LogP contribution in [0.4, 0.5) is 24.5 Å². The number of amides is 1. The van der Waals surface area contributed by atoms with Gasteiger partial charge in [-0.2, -0.15) is 13.2 Å². The second-order valence-corrected chi connectivity index (χ2v) is 6.51. The summed E-state index contributed by atoms with van der Waals surface area (Å²) in [5, 5.41) is 5.54. The third-order valence-electron chi connectivity index (χ3n) is 4.42. The molecule has 1 fully saturated rings. The zero-order valence-corrected chi connectivity index (χ0v) is 14.5. The van der Waals surface area contributed by atoms with E-state index < -0.39 is 17.3 Å². The lowest BCUT2D eigenvalue weighted by molar-refractivity contribution is -0.137. The van der Waals surface area contributed by atoms with Crippen molar-refractivity contribution in [1.29, 1.82) is 0 Å². The fourth-order valence-electron chi connectivity index (χ4n) is 2.82. The monoisotopic (exact) mass is 379 g/mol. The van der Waals surface area contributed by atoms with Crippen LogP contribution in [0.1, 0.15) is 17.5 Å². The Labute approximate surface area is 154 Å². The average molecular weight is 379 g/mol. The maximum atomic E-state index is 13.1. The first-order chi connectivity index (χ1) is 12.8. The van der Waals surface area contributed by atoms with Gasteiger partial charge in [0.15, 0.2) is 0 Å². The number of halogens is 3. The third-order valence-corrected chi connectivity index (χ3v) is 4.42. The highest BCUT2D eigenvalue weighted by molar-refractivity contribution is 5.86. The van der Waals surface area contributed by atoms with E-state index in [9.17, 15) is 18.0 Å². The van der Waals surface area contributed by atoms with Gasteiger partial charge in [0.2, 0.25) is 5.91 Å². The zero-order valence-electron chi connectivity index (χ0n) is 14.5. The van der Waals surface area contributed by atoms with E-state index in [0.29, 0.717) is 18.7 Å². The summed E-state index contributed by atoms with van der Waals surface area (Å²) < 4.78 is 44.3. The standard InChI is InChI=1S/C19H20F3N3O2/c20-19(21,22)15-3-1-2-4-16(15)25-14-7-5-13(6-8-14)11-24-17(26)18(23)9-10-27-12-18/h1-8,25H,9-12,23H2,(H,24,26)/t18-/m0/s1. The van der Waals surface area contributed by atoms with Gasteiger partial charge in [0.1, 0.15) is 5.54 Å². The van der Waals surface area contributed by atoms with Crippen molar-refractivity contribution in [2.45, 2.75) is 24.7 Å². The molecule has 0 bridgehead atoms. The van der Waals surface area contributed by atoms with Gasteiger partial charge in [0, 0.05) is 18.8 Å². The van der Waals surface area contributed by atoms with Gasteiger partial charge in [-0.3, -0.25) is 4.79 Å². The number of benzene rings is 2. The van der Waals surface area contributed by atoms with Gasteiger partial charge in [-0.1, -0.05) is 24.3 Å². The van der Waals surface area contributed by atoms with Crippen LogP contribution >= 0.6 is 0 Å². The highest BCUT2D eigenvalue weighted by Gasteiger charge is 2.38. The van der Waals surface area contributed by atoms with Crippen LogP contribution in [-0.2, 0) is 22.3 Å². The molecule has 5 nitrogen and oxygen atoms in total. The van der Waals surface area contributed by atoms with Crippen LogP contribution in [0.2, 0.25) is 0 Å². The van der Waals surface area contributed by atoms with E-state index in [4.69, 9.17) is 10.5 Å². The first-order valence-corrected chi connectivity index (χ1v) is 8.45. The highest BCUT2D eigenvalue weighted by atomic mass is 19.4. The summed E-state index contributed by atoms with van der Waals surface area (Å²) in [6, 6.07) is 12.1. The largest absolute Gasteiger partial charge is 0.418 e. The van der Waals surface area contributed by atoms with Gasteiger partial charge in [0.25, 0.3) is 0 Å². The minimum absolute atomic E-state index is 0.0163. The summed E-state index contributed by atoms with van der Waals surface area (Å²) in [6.45, 7) is 0.932. The number of ether oxygens (including phenoxy) is 1. The number of carbonyl (C=O) groups excluding carboxylic acids is 1. The molecule has 2 aromatic rings. The molecule has 1 atom stereocenters. The van der Waals surface area contributed by atoms with E-state index in [0.717, 1.165) is 11.6 Å². The van der Waals surface area contributed by atoms with Crippen molar-refractivity contribution in [3.05, 3.63) is 59.7 Å². The van der Waals surface area contributed by atoms with E-state index in [1.165, 1.54) is 18.2 Å². The maximum Gasteiger partial charge on any atom is 0.418 e. The lowest BCUT2D eigenvalue weighted by atomic mass is 9.99. The normalized spacial score (nSPS) is 19.7. The van der Waals surface area contributed by atoms with Crippen molar-refractivity contribution < 1.29 is 22.7 Å². The molecule has 0 saturated carbocycles. The quantitative estimate of drug-likeness (QED) is 0.746. The second kappa shape index (κ2) is 7.58. The Bertz CT molecular complexity index is 801. The summed E-state index contributed by atoms with van der Waals surface area (Å²) >= 11 is 0. The van der Waals surface area contributed by atoms with Crippen LogP contribution < -0.4 is 16.4 Å². The molecule has 4 N–H and O–H groups in total. The molecule has 0 radical (unpaired) electrons. The van der Waals surface area contributed by atoms with Crippen LogP contribution in [0.3, 0.4) is 0 Å². The molecule has 27 heavy (non-hydrogen) atoms. The first-order valence-electron chi connectivity index (χ1n) is 8.45. The molecule has 8 heteroatoms. The van der Waals surface area contributed by atoms with Crippen molar-refractivity contribution in [3.63, 3.8) is 0 Å². The molecule has 1 aliphatic rings. The average Bonchev–Trinajstić information content (AvgIpc) is 3.08. The van der Waals surface area contributed by atoms with Crippen molar-refractivity contribution in [1.82, 2.24) is 5.32 Å². The lowest BCUT2D eigenvalue weighted by Crippen LogP contribution is -2.54. The molecule has 0 aromatic heterocycles. The third kappa shape index (κ3) is 4.58. The molecule has 144 valence electrons. The summed E-state index contributed by atoms with van der Waals surface area (Å²) in [4.78, 5) is 12.1. The highest BCUT2D eigenvalue weighted by Crippen LogP contribution is 2.35. The minimum atomic E-state index is -4.43. The minimum Gasteiger partial charge on any atom is -0.379 e. The maximum absolute atomic E-state index is 13.1. The van der Waals surface area contributed by atoms with Crippen molar-refractivity contribution in [2.24, 2.45) is 5.73 Å². The number of anilines is 2. The lowest BCUT2D eigenvalue weighted by Gasteiger charge is -2.20. The van der Waals surface area contributed by atoms with E-state index in [-0.39, 0.29) is 24.7 Å². The van der Waals surface area contributed by atoms with Crippen molar-refractivity contribution >= 4 is 17.3 Å². The van der Waals surface area contributed by atoms with Gasteiger partial charge in [0.05, 0.1) is 17.9 Å². The molecule has 1 amide bonds. The SMILES string of the molecule is N[C@@]1(C(=O)NCc2ccc(Nc3ccccc3C(F)(F)F)cc2)CCOC1. The molecular formula is C19H20F3N3O2. The summed E-state index contributed by atoms with van der Waals surface area (Å²) in [5.74, 6) is -0.277. The number of carbonyl (C=O) groups is 1. The van der Waals surface area contributed by atoms with Crippen LogP contribution in [0.5, 0.6) is 0 Å². The molecular weight excluding hydrogens is 359 g/mol. The van der Waals surface area contributed by atoms with E-state index in [1.807, 2.05) is 0 Å². The Hall–Kier alpha value is -2.58. The number of nitrogens with two attached hydrogens (primary N) is 1. The second-order valence-electron chi connectivity index (χ2n) is 6.51. The van der Waals surface area contributed by atoms with Gasteiger partial charge < -0.3 is 21.1 Å². The number of nitrogens with one attached hydrogen (secondary N) is 2. The molecule has 3 rings (SSSR count). The van der Waals surface area contributed by atoms with Gasteiger partial charge >= 0.3 is 6.18 Å². The van der Waals surface area contributed by atoms with Crippen molar-refractivity contribution in [2.75, 3.05) is 18.5 Å². The van der Waals surface area contributed by atoms with Crippen LogP contribution in [0.15, 0.2) is 48.5 Å². The van der Waals surface area contributed by atoms with Gasteiger partial charge in [-0.05, 0) is 36.2 Å². The van der Waals surface area contributed by atoms with Crippen molar-refractivity contribution in [3.8, 4) is 0 Å². The topological polar surface area (TPSA) is 76.4 Å². The molecule has 0 aliphatic carbocycles. The fourth-order valence-corrected chi connectivity index (χ4v) is 2.82. The predicted molar refractivity (Wildman–Crippen MR) is 95.4 cm³/mol. The molecule has 1 aliphatic heterocycles. The van der Waals surface area contributed by atoms with Crippen LogP contribution in [0.25, 0.3) is 0 Å². The fraction of sp³-hybridized carbons (Fsp3) is 0.316. The predicted octanol–water partition coefficient (Wildman–Crippen LogP) is 3.18. The summed E-state index contributed by atoms with van der Waals surface area (Å²) in [7, 11) is 0. The Morgan fingerprint density at radius 2 is 1.85 bits per heavy atom. The van der Waals surface area contributed by atoms with E-state index >= 15 is 0 Å². The number of rotatable bonds is 5. The molecule has 1 saturated heterocycles. The molecule has 0 unspecified atom stereocenters. The summed E-state index contributed by atoms with van der Waals surface area (Å²) in [6.07, 6.45) is -3.96. The zero-order chi connectivity index (χ0) is 19.5. The Morgan fingerprint density at radius 1 is 1.15 bits per heavy atom. The Balaban J connectivity index is 1.62.